The molecule has 2 aromatic carbocycles. The number of ether oxygens (including phenoxy) is 1. The number of hydrogen-bond acceptors (Lipinski definition) is 6. The van der Waals surface area contributed by atoms with Crippen LogP contribution in [0, 0.1) is 13.8 Å². The molecule has 7 nitrogen and oxygen atoms in total. The van der Waals surface area contributed by atoms with Crippen LogP contribution < -0.4 is 5.63 Å². The summed E-state index contributed by atoms with van der Waals surface area (Å²) in [5.74, 6) is -0.604. The molecule has 0 amide bonds. The number of para-hydroxylation sites is 1. The van der Waals surface area contributed by atoms with Gasteiger partial charge in [-0.1, -0.05) is 30.3 Å². The number of carbonyl (C=O) groups excluding carboxylic acids is 1. The molecule has 0 aliphatic rings. The number of fused-ring (bicyclic) bond motifs is 1. The Bertz CT molecular complexity index is 1230. The number of esters is 1. The zero-order valence-electron chi connectivity index (χ0n) is 15.4. The lowest BCUT2D eigenvalue weighted by Crippen LogP contribution is -2.10. The molecule has 4 aromatic rings. The Morgan fingerprint density at radius 3 is 2.64 bits per heavy atom. The summed E-state index contributed by atoms with van der Waals surface area (Å²) in [6.07, 6.45) is 0. The van der Waals surface area contributed by atoms with Gasteiger partial charge in [0.25, 0.3) is 0 Å². The number of rotatable bonds is 4. The van der Waals surface area contributed by atoms with Crippen molar-refractivity contribution in [1.82, 2.24) is 15.0 Å². The van der Waals surface area contributed by atoms with Crippen molar-refractivity contribution in [3.05, 3.63) is 87.5 Å². The molecular formula is C21H17N3O4. The van der Waals surface area contributed by atoms with Crippen molar-refractivity contribution in [3.8, 4) is 5.69 Å². The molecule has 0 bridgehead atoms. The number of hydrogen-bond donors (Lipinski definition) is 0. The molecule has 0 saturated heterocycles. The number of benzene rings is 2. The van der Waals surface area contributed by atoms with E-state index < -0.39 is 11.6 Å². The monoisotopic (exact) mass is 375 g/mol. The van der Waals surface area contributed by atoms with Crippen LogP contribution in [0.4, 0.5) is 0 Å². The normalized spacial score (nSPS) is 10.9. The summed E-state index contributed by atoms with van der Waals surface area (Å²) in [7, 11) is 0. The molecule has 0 aliphatic heterocycles. The third-order valence-electron chi connectivity index (χ3n) is 4.31. The van der Waals surface area contributed by atoms with Gasteiger partial charge in [-0.05, 0) is 37.6 Å². The van der Waals surface area contributed by atoms with Gasteiger partial charge in [-0.2, -0.15) is 9.90 Å². The Kier molecular flexibility index (Phi) is 4.49. The summed E-state index contributed by atoms with van der Waals surface area (Å²) in [6, 6.07) is 16.1. The van der Waals surface area contributed by atoms with Crippen LogP contribution in [0.25, 0.3) is 16.7 Å². The molecule has 2 heterocycles. The maximum Gasteiger partial charge on any atom is 0.361 e. The first kappa shape index (κ1) is 17.7. The predicted molar refractivity (Wildman–Crippen MR) is 102 cm³/mol. The Hall–Kier alpha value is -3.74. The van der Waals surface area contributed by atoms with Crippen LogP contribution in [0.1, 0.15) is 27.3 Å². The van der Waals surface area contributed by atoms with Gasteiger partial charge in [0.1, 0.15) is 12.2 Å². The minimum Gasteiger partial charge on any atom is -0.456 e. The van der Waals surface area contributed by atoms with Gasteiger partial charge in [0, 0.05) is 17.0 Å². The number of aryl methyl sites for hydroxylation is 2. The van der Waals surface area contributed by atoms with Crippen LogP contribution in [0.15, 0.2) is 63.8 Å². The molecule has 0 atom stereocenters. The summed E-state index contributed by atoms with van der Waals surface area (Å²) < 4.78 is 10.6. The second-order valence-corrected chi connectivity index (χ2v) is 6.43. The first-order chi connectivity index (χ1) is 13.5. The molecular weight excluding hydrogens is 358 g/mol. The van der Waals surface area contributed by atoms with Gasteiger partial charge < -0.3 is 9.15 Å². The summed E-state index contributed by atoms with van der Waals surface area (Å²) in [5, 5.41) is 9.23. The highest BCUT2D eigenvalue weighted by molar-refractivity contribution is 5.88. The molecule has 28 heavy (non-hydrogen) atoms. The van der Waals surface area contributed by atoms with E-state index in [4.69, 9.17) is 9.15 Å². The zero-order chi connectivity index (χ0) is 19.7. The molecule has 140 valence electrons. The summed E-state index contributed by atoms with van der Waals surface area (Å²) in [5.41, 5.74) is 2.85. The molecule has 4 rings (SSSR count). The fraction of sp³-hybridized carbons (Fsp3) is 0.143. The van der Waals surface area contributed by atoms with Gasteiger partial charge in [-0.15, -0.1) is 5.10 Å². The van der Waals surface area contributed by atoms with E-state index in [0.29, 0.717) is 16.8 Å². The van der Waals surface area contributed by atoms with Crippen LogP contribution in [-0.2, 0) is 11.3 Å². The van der Waals surface area contributed by atoms with Gasteiger partial charge in [0.2, 0.25) is 0 Å². The molecule has 0 radical (unpaired) electrons. The van der Waals surface area contributed by atoms with Crippen LogP contribution in [0.5, 0.6) is 0 Å². The molecule has 0 N–H and O–H groups in total. The van der Waals surface area contributed by atoms with Gasteiger partial charge in [-0.3, -0.25) is 0 Å². The lowest BCUT2D eigenvalue weighted by Gasteiger charge is -2.07. The van der Waals surface area contributed by atoms with Crippen molar-refractivity contribution < 1.29 is 13.9 Å². The van der Waals surface area contributed by atoms with E-state index in [-0.39, 0.29) is 12.3 Å². The van der Waals surface area contributed by atoms with Crippen LogP contribution in [0.2, 0.25) is 0 Å². The van der Waals surface area contributed by atoms with E-state index in [2.05, 4.69) is 10.2 Å². The highest BCUT2D eigenvalue weighted by Crippen LogP contribution is 2.20. The van der Waals surface area contributed by atoms with Crippen molar-refractivity contribution in [2.24, 2.45) is 0 Å². The third-order valence-corrected chi connectivity index (χ3v) is 4.31. The molecule has 2 aromatic heterocycles. The second-order valence-electron chi connectivity index (χ2n) is 6.43. The Morgan fingerprint density at radius 2 is 1.86 bits per heavy atom. The SMILES string of the molecule is Cc1ccc2c(COC(=O)c3nn(-c4ccccc4)nc3C)cc(=O)oc2c1. The van der Waals surface area contributed by atoms with Crippen molar-refractivity contribution >= 4 is 16.9 Å². The van der Waals surface area contributed by atoms with Crippen molar-refractivity contribution in [3.63, 3.8) is 0 Å². The fourth-order valence-corrected chi connectivity index (χ4v) is 2.91. The highest BCUT2D eigenvalue weighted by Gasteiger charge is 2.18. The van der Waals surface area contributed by atoms with Gasteiger partial charge in [-0.25, -0.2) is 9.59 Å². The first-order valence-electron chi connectivity index (χ1n) is 8.71. The van der Waals surface area contributed by atoms with Gasteiger partial charge in [0.15, 0.2) is 5.69 Å². The quantitative estimate of drug-likeness (QED) is 0.402. The third kappa shape index (κ3) is 3.42. The topological polar surface area (TPSA) is 87.2 Å². The molecule has 0 unspecified atom stereocenters. The fourth-order valence-electron chi connectivity index (χ4n) is 2.91. The Balaban J connectivity index is 1.58. The Morgan fingerprint density at radius 1 is 1.07 bits per heavy atom. The highest BCUT2D eigenvalue weighted by atomic mass is 16.5. The van der Waals surface area contributed by atoms with E-state index in [0.717, 1.165) is 16.6 Å². The molecule has 7 heteroatoms. The summed E-state index contributed by atoms with van der Waals surface area (Å²) in [6.45, 7) is 3.53. The molecule has 0 aliphatic carbocycles. The van der Waals surface area contributed by atoms with E-state index in [9.17, 15) is 9.59 Å². The van der Waals surface area contributed by atoms with Crippen molar-refractivity contribution in [2.75, 3.05) is 0 Å². The van der Waals surface area contributed by atoms with Crippen LogP contribution >= 0.6 is 0 Å². The summed E-state index contributed by atoms with van der Waals surface area (Å²) >= 11 is 0. The van der Waals surface area contributed by atoms with E-state index in [1.54, 1.807) is 13.0 Å². The van der Waals surface area contributed by atoms with Crippen LogP contribution in [-0.4, -0.2) is 21.0 Å². The van der Waals surface area contributed by atoms with Crippen molar-refractivity contribution in [1.29, 1.82) is 0 Å². The minimum absolute atomic E-state index is 0.0678. The molecule has 0 saturated carbocycles. The largest absolute Gasteiger partial charge is 0.456 e. The summed E-state index contributed by atoms with van der Waals surface area (Å²) in [4.78, 5) is 25.7. The molecule has 0 fully saturated rings. The lowest BCUT2D eigenvalue weighted by molar-refractivity contribution is 0.0465. The first-order valence-corrected chi connectivity index (χ1v) is 8.71. The van der Waals surface area contributed by atoms with Crippen molar-refractivity contribution in [2.45, 2.75) is 20.5 Å². The second kappa shape index (κ2) is 7.11. The van der Waals surface area contributed by atoms with Gasteiger partial charge in [0.05, 0.1) is 11.4 Å². The standard InChI is InChI=1S/C21H17N3O4/c1-13-8-9-17-15(11-19(25)28-18(17)10-13)12-27-21(26)20-14(2)22-24(23-20)16-6-4-3-5-7-16/h3-11H,12H2,1-2H3. The maximum absolute atomic E-state index is 12.5. The smallest absolute Gasteiger partial charge is 0.361 e. The maximum atomic E-state index is 12.5. The van der Waals surface area contributed by atoms with Crippen LogP contribution in [0.3, 0.4) is 0 Å². The van der Waals surface area contributed by atoms with Gasteiger partial charge >= 0.3 is 11.6 Å². The van der Waals surface area contributed by atoms with E-state index in [1.165, 1.54) is 10.9 Å². The Labute approximate surface area is 160 Å². The average Bonchev–Trinajstić information content (AvgIpc) is 3.08. The minimum atomic E-state index is -0.604. The van der Waals surface area contributed by atoms with E-state index in [1.807, 2.05) is 49.4 Å². The number of nitrogens with zero attached hydrogens (tertiary/aromatic N) is 3. The predicted octanol–water partition coefficient (Wildman–Crippen LogP) is 3.35. The lowest BCUT2D eigenvalue weighted by atomic mass is 10.1. The number of aromatic nitrogens is 3. The number of carbonyl (C=O) groups is 1. The zero-order valence-corrected chi connectivity index (χ0v) is 15.4. The van der Waals surface area contributed by atoms with E-state index >= 15 is 0 Å². The molecule has 0 spiro atoms. The average molecular weight is 375 g/mol.